The number of hydrogen-bond acceptors (Lipinski definition) is 7. The number of benzene rings is 1. The van der Waals surface area contributed by atoms with Crippen LogP contribution in [0.2, 0.25) is 0 Å². The predicted molar refractivity (Wildman–Crippen MR) is 105 cm³/mol. The molecule has 1 aromatic carbocycles. The molecule has 1 aromatic heterocycles. The van der Waals surface area contributed by atoms with E-state index in [1.54, 1.807) is 18.3 Å². The fraction of sp³-hybridized carbons (Fsp3) is 0.300. The molecule has 3 heterocycles. The summed E-state index contributed by atoms with van der Waals surface area (Å²) in [5.74, 6) is 0.675. The van der Waals surface area contributed by atoms with Crippen LogP contribution in [0.5, 0.6) is 5.75 Å². The van der Waals surface area contributed by atoms with Gasteiger partial charge in [0.05, 0.1) is 5.25 Å². The number of anilines is 1. The van der Waals surface area contributed by atoms with Gasteiger partial charge in [-0.15, -0.1) is 0 Å². The molecular formula is C20H19N3O4S. The summed E-state index contributed by atoms with van der Waals surface area (Å²) in [4.78, 5) is 41.9. The molecule has 28 heavy (non-hydrogen) atoms. The van der Waals surface area contributed by atoms with Gasteiger partial charge in [-0.1, -0.05) is 30.0 Å². The van der Waals surface area contributed by atoms with Crippen LogP contribution in [0.4, 0.5) is 10.6 Å². The number of amides is 2. The monoisotopic (exact) mass is 397 g/mol. The van der Waals surface area contributed by atoms with Crippen LogP contribution in [-0.2, 0) is 16.0 Å². The SMILES string of the molecule is O=C1NC(=O)C(Cc2ccc(OC(=O)[C@@H]3CCCN3c3ccccn3)cc2)S1. The van der Waals surface area contributed by atoms with Crippen molar-refractivity contribution in [3.8, 4) is 5.75 Å². The summed E-state index contributed by atoms with van der Waals surface area (Å²) in [5.41, 5.74) is 0.901. The third-order valence-electron chi connectivity index (χ3n) is 4.80. The van der Waals surface area contributed by atoms with Gasteiger partial charge in [-0.3, -0.25) is 14.9 Å². The molecule has 1 N–H and O–H groups in total. The normalized spacial score (nSPS) is 21.6. The first kappa shape index (κ1) is 18.5. The maximum absolute atomic E-state index is 12.7. The Kier molecular flexibility index (Phi) is 5.29. The van der Waals surface area contributed by atoms with E-state index in [1.165, 1.54) is 0 Å². The minimum Gasteiger partial charge on any atom is -0.425 e. The van der Waals surface area contributed by atoms with Gasteiger partial charge in [-0.2, -0.15) is 0 Å². The standard InChI is InChI=1S/C20H19N3O4S/c24-18-16(28-20(26)22-18)12-13-6-8-14(9-7-13)27-19(25)15-4-3-11-23(15)17-5-1-2-10-21-17/h1-2,5-10,15-16H,3-4,11-12H2,(H,22,24,26)/t15-,16?/m0/s1. The quantitative estimate of drug-likeness (QED) is 0.613. The Labute approximate surface area is 166 Å². The number of nitrogens with one attached hydrogen (secondary N) is 1. The van der Waals surface area contributed by atoms with Crippen molar-refractivity contribution in [3.05, 3.63) is 54.2 Å². The molecule has 144 valence electrons. The highest BCUT2D eigenvalue weighted by Gasteiger charge is 2.33. The zero-order chi connectivity index (χ0) is 19.5. The molecule has 2 aromatic rings. The maximum atomic E-state index is 12.7. The lowest BCUT2D eigenvalue weighted by atomic mass is 10.1. The van der Waals surface area contributed by atoms with Crippen LogP contribution in [0.25, 0.3) is 0 Å². The van der Waals surface area contributed by atoms with Crippen molar-refractivity contribution >= 4 is 34.7 Å². The average molecular weight is 397 g/mol. The number of imide groups is 1. The lowest BCUT2D eigenvalue weighted by Gasteiger charge is -2.24. The van der Waals surface area contributed by atoms with Crippen LogP contribution in [0.1, 0.15) is 18.4 Å². The van der Waals surface area contributed by atoms with E-state index in [-0.39, 0.29) is 23.2 Å². The van der Waals surface area contributed by atoms with Crippen molar-refractivity contribution in [2.75, 3.05) is 11.4 Å². The molecule has 0 bridgehead atoms. The minimum absolute atomic E-state index is 0.263. The molecule has 7 nitrogen and oxygen atoms in total. The summed E-state index contributed by atoms with van der Waals surface area (Å²) in [6.45, 7) is 0.773. The first-order valence-electron chi connectivity index (χ1n) is 9.10. The molecule has 2 aliphatic rings. The molecule has 2 amide bonds. The fourth-order valence-corrected chi connectivity index (χ4v) is 4.29. The molecule has 0 spiro atoms. The number of pyridine rings is 1. The molecule has 4 rings (SSSR count). The smallest absolute Gasteiger partial charge is 0.334 e. The Bertz CT molecular complexity index is 888. The number of carbonyl (C=O) groups excluding carboxylic acids is 3. The highest BCUT2D eigenvalue weighted by atomic mass is 32.2. The van der Waals surface area contributed by atoms with Crippen LogP contribution >= 0.6 is 11.8 Å². The van der Waals surface area contributed by atoms with Crippen molar-refractivity contribution < 1.29 is 19.1 Å². The fourth-order valence-electron chi connectivity index (χ4n) is 3.43. The number of ether oxygens (including phenoxy) is 1. The van der Waals surface area contributed by atoms with Gasteiger partial charge in [0, 0.05) is 12.7 Å². The summed E-state index contributed by atoms with van der Waals surface area (Å²) < 4.78 is 5.57. The molecule has 8 heteroatoms. The lowest BCUT2D eigenvalue weighted by Crippen LogP contribution is -2.39. The van der Waals surface area contributed by atoms with Gasteiger partial charge in [0.25, 0.3) is 5.24 Å². The van der Waals surface area contributed by atoms with Crippen molar-refractivity contribution in [2.45, 2.75) is 30.6 Å². The number of hydrogen-bond donors (Lipinski definition) is 1. The van der Waals surface area contributed by atoms with Crippen LogP contribution in [-0.4, -0.2) is 39.9 Å². The van der Waals surface area contributed by atoms with Gasteiger partial charge >= 0.3 is 5.97 Å². The van der Waals surface area contributed by atoms with E-state index in [9.17, 15) is 14.4 Å². The number of thioether (sulfide) groups is 1. The van der Waals surface area contributed by atoms with E-state index in [0.717, 1.165) is 42.5 Å². The van der Waals surface area contributed by atoms with E-state index in [4.69, 9.17) is 4.74 Å². The lowest BCUT2D eigenvalue weighted by molar-refractivity contribution is -0.135. The van der Waals surface area contributed by atoms with Gasteiger partial charge in [-0.05, 0) is 49.1 Å². The van der Waals surface area contributed by atoms with Crippen molar-refractivity contribution in [1.29, 1.82) is 0 Å². The molecular weight excluding hydrogens is 378 g/mol. The topological polar surface area (TPSA) is 88.6 Å². The first-order chi connectivity index (χ1) is 13.6. The zero-order valence-corrected chi connectivity index (χ0v) is 15.9. The molecule has 2 saturated heterocycles. The summed E-state index contributed by atoms with van der Waals surface area (Å²) >= 11 is 1.00. The Balaban J connectivity index is 1.38. The van der Waals surface area contributed by atoms with E-state index >= 15 is 0 Å². The van der Waals surface area contributed by atoms with E-state index in [1.807, 2.05) is 35.2 Å². The predicted octanol–water partition coefficient (Wildman–Crippen LogP) is 2.55. The van der Waals surface area contributed by atoms with Gasteiger partial charge in [0.1, 0.15) is 17.6 Å². The first-order valence-corrected chi connectivity index (χ1v) is 9.98. The molecule has 2 aliphatic heterocycles. The molecule has 0 saturated carbocycles. The van der Waals surface area contributed by atoms with Crippen LogP contribution in [0.15, 0.2) is 48.7 Å². The van der Waals surface area contributed by atoms with Gasteiger partial charge < -0.3 is 9.64 Å². The number of carbonyl (C=O) groups is 3. The Morgan fingerprint density at radius 3 is 2.71 bits per heavy atom. The van der Waals surface area contributed by atoms with Crippen LogP contribution in [0.3, 0.4) is 0 Å². The summed E-state index contributed by atoms with van der Waals surface area (Å²) in [6, 6.07) is 12.3. The molecule has 2 fully saturated rings. The second-order valence-corrected chi connectivity index (χ2v) is 7.87. The van der Waals surface area contributed by atoms with Gasteiger partial charge in [0.2, 0.25) is 5.91 Å². The van der Waals surface area contributed by atoms with Crippen molar-refractivity contribution in [1.82, 2.24) is 10.3 Å². The molecule has 2 atom stereocenters. The molecule has 0 radical (unpaired) electrons. The number of aromatic nitrogens is 1. The van der Waals surface area contributed by atoms with E-state index < -0.39 is 5.25 Å². The zero-order valence-electron chi connectivity index (χ0n) is 15.0. The number of esters is 1. The second-order valence-electron chi connectivity index (χ2n) is 6.69. The Morgan fingerprint density at radius 2 is 2.04 bits per heavy atom. The third kappa shape index (κ3) is 4.01. The maximum Gasteiger partial charge on any atom is 0.334 e. The molecule has 1 unspecified atom stereocenters. The second kappa shape index (κ2) is 8.02. The van der Waals surface area contributed by atoms with Gasteiger partial charge in [0.15, 0.2) is 0 Å². The number of rotatable bonds is 5. The van der Waals surface area contributed by atoms with E-state index in [2.05, 4.69) is 10.3 Å². The van der Waals surface area contributed by atoms with E-state index in [0.29, 0.717) is 12.2 Å². The largest absolute Gasteiger partial charge is 0.425 e. The van der Waals surface area contributed by atoms with Crippen molar-refractivity contribution in [2.24, 2.45) is 0 Å². The highest BCUT2D eigenvalue weighted by molar-refractivity contribution is 8.15. The highest BCUT2D eigenvalue weighted by Crippen LogP contribution is 2.26. The summed E-state index contributed by atoms with van der Waals surface area (Å²) in [7, 11) is 0. The summed E-state index contributed by atoms with van der Waals surface area (Å²) in [6.07, 6.45) is 3.81. The minimum atomic E-state index is -0.411. The Hall–Kier alpha value is -2.87. The van der Waals surface area contributed by atoms with Gasteiger partial charge in [-0.25, -0.2) is 9.78 Å². The summed E-state index contributed by atoms with van der Waals surface area (Å²) in [5, 5.41) is 1.56. The average Bonchev–Trinajstić information content (AvgIpc) is 3.31. The third-order valence-corrected chi connectivity index (χ3v) is 5.78. The van der Waals surface area contributed by atoms with Crippen molar-refractivity contribution in [3.63, 3.8) is 0 Å². The van der Waals surface area contributed by atoms with Crippen LogP contribution in [0, 0.1) is 0 Å². The van der Waals surface area contributed by atoms with Crippen LogP contribution < -0.4 is 15.0 Å². The Morgan fingerprint density at radius 1 is 1.21 bits per heavy atom. The number of nitrogens with zero attached hydrogens (tertiary/aromatic N) is 2. The molecule has 0 aliphatic carbocycles.